The predicted molar refractivity (Wildman–Crippen MR) is 65.3 cm³/mol. The molecule has 17 heavy (non-hydrogen) atoms. The molecule has 0 spiro atoms. The van der Waals surface area contributed by atoms with Gasteiger partial charge in [-0.25, -0.2) is 9.59 Å². The van der Waals surface area contributed by atoms with Crippen LogP contribution < -0.4 is 0 Å². The fourth-order valence-electron chi connectivity index (χ4n) is 1.54. The van der Waals surface area contributed by atoms with E-state index in [-0.39, 0.29) is 12.5 Å². The zero-order valence-corrected chi connectivity index (χ0v) is 10.7. The fraction of sp³-hybridized carbons (Fsp3) is 0.538. The molecule has 0 aliphatic carbocycles. The summed E-state index contributed by atoms with van der Waals surface area (Å²) in [6.45, 7) is 12.5. The number of hydrogen-bond acceptors (Lipinski definition) is 4. The fourth-order valence-corrected chi connectivity index (χ4v) is 1.54. The van der Waals surface area contributed by atoms with Crippen molar-refractivity contribution in [3.05, 3.63) is 25.3 Å². The Morgan fingerprint density at radius 1 is 1.24 bits per heavy atom. The second-order valence-corrected chi connectivity index (χ2v) is 4.53. The van der Waals surface area contributed by atoms with Crippen LogP contribution in [0.1, 0.15) is 27.2 Å². The highest BCUT2D eigenvalue weighted by Gasteiger charge is 2.25. The quantitative estimate of drug-likeness (QED) is 0.506. The van der Waals surface area contributed by atoms with Crippen molar-refractivity contribution in [2.24, 2.45) is 5.92 Å². The summed E-state index contributed by atoms with van der Waals surface area (Å²) in [5, 5.41) is 0. The molecule has 1 unspecified atom stereocenters. The van der Waals surface area contributed by atoms with Gasteiger partial charge in [0, 0.05) is 12.2 Å². The molecule has 0 saturated carbocycles. The van der Waals surface area contributed by atoms with Crippen LogP contribution >= 0.6 is 0 Å². The first-order valence-corrected chi connectivity index (χ1v) is 5.45. The molecule has 0 aromatic rings. The van der Waals surface area contributed by atoms with Gasteiger partial charge in [-0.05, 0) is 26.2 Å². The number of carbonyl (C=O) groups excluding carboxylic acids is 2. The Labute approximate surface area is 102 Å². The van der Waals surface area contributed by atoms with Gasteiger partial charge in [0.05, 0.1) is 6.61 Å². The predicted octanol–water partition coefficient (Wildman–Crippen LogP) is 2.25. The standard InChI is InChI=1S/C13H20O4/c1-6-11(14)16-9-10(3)8-13(4,5)17-12(15)7-2/h6-7,10H,1-2,8-9H2,3-5H3. The minimum absolute atomic E-state index is 0.0894. The van der Waals surface area contributed by atoms with Crippen molar-refractivity contribution in [3.63, 3.8) is 0 Å². The minimum Gasteiger partial charge on any atom is -0.462 e. The summed E-state index contributed by atoms with van der Waals surface area (Å²) >= 11 is 0. The van der Waals surface area contributed by atoms with Gasteiger partial charge >= 0.3 is 11.9 Å². The summed E-state index contributed by atoms with van der Waals surface area (Å²) in [7, 11) is 0. The van der Waals surface area contributed by atoms with Crippen LogP contribution in [-0.2, 0) is 19.1 Å². The lowest BCUT2D eigenvalue weighted by molar-refractivity contribution is -0.153. The van der Waals surface area contributed by atoms with Crippen molar-refractivity contribution < 1.29 is 19.1 Å². The molecule has 0 radical (unpaired) electrons. The third-order valence-electron chi connectivity index (χ3n) is 2.06. The summed E-state index contributed by atoms with van der Waals surface area (Å²) < 4.78 is 10.1. The van der Waals surface area contributed by atoms with E-state index in [1.165, 1.54) is 0 Å². The van der Waals surface area contributed by atoms with Crippen LogP contribution in [0, 0.1) is 5.92 Å². The Morgan fingerprint density at radius 2 is 1.76 bits per heavy atom. The van der Waals surface area contributed by atoms with Crippen LogP contribution in [0.3, 0.4) is 0 Å². The summed E-state index contributed by atoms with van der Waals surface area (Å²) in [6.07, 6.45) is 2.84. The van der Waals surface area contributed by atoms with Crippen molar-refractivity contribution in [2.75, 3.05) is 6.61 Å². The molecule has 0 saturated heterocycles. The first-order chi connectivity index (χ1) is 7.80. The lowest BCUT2D eigenvalue weighted by Crippen LogP contribution is -2.30. The Morgan fingerprint density at radius 3 is 2.24 bits per heavy atom. The van der Waals surface area contributed by atoms with E-state index in [1.54, 1.807) is 13.8 Å². The Bertz CT molecular complexity index is 305. The number of esters is 2. The molecule has 0 fully saturated rings. The highest BCUT2D eigenvalue weighted by molar-refractivity contribution is 5.81. The van der Waals surface area contributed by atoms with Crippen molar-refractivity contribution in [3.8, 4) is 0 Å². The zero-order chi connectivity index (χ0) is 13.5. The summed E-state index contributed by atoms with van der Waals surface area (Å²) in [5.41, 5.74) is -0.606. The maximum Gasteiger partial charge on any atom is 0.330 e. The number of rotatable bonds is 7. The van der Waals surface area contributed by atoms with Gasteiger partial charge in [-0.1, -0.05) is 20.1 Å². The molecule has 0 rings (SSSR count). The van der Waals surface area contributed by atoms with Crippen molar-refractivity contribution in [1.82, 2.24) is 0 Å². The van der Waals surface area contributed by atoms with Gasteiger partial charge in [0.2, 0.25) is 0 Å². The average molecular weight is 240 g/mol. The summed E-state index contributed by atoms with van der Waals surface area (Å²) in [6, 6.07) is 0. The zero-order valence-electron chi connectivity index (χ0n) is 10.7. The highest BCUT2D eigenvalue weighted by atomic mass is 16.6. The molecule has 1 atom stereocenters. The van der Waals surface area contributed by atoms with Gasteiger partial charge in [0.25, 0.3) is 0 Å². The van der Waals surface area contributed by atoms with Crippen LogP contribution in [0.2, 0.25) is 0 Å². The number of ether oxygens (including phenoxy) is 2. The van der Waals surface area contributed by atoms with E-state index in [1.807, 2.05) is 6.92 Å². The first kappa shape index (κ1) is 15.4. The summed E-state index contributed by atoms with van der Waals surface area (Å²) in [5.74, 6) is -0.811. The molecular weight excluding hydrogens is 220 g/mol. The molecule has 0 amide bonds. The molecule has 0 aliphatic heterocycles. The molecule has 0 aliphatic rings. The Hall–Kier alpha value is -1.58. The molecule has 0 heterocycles. The smallest absolute Gasteiger partial charge is 0.330 e. The van der Waals surface area contributed by atoms with Crippen LogP contribution in [0.25, 0.3) is 0 Å². The van der Waals surface area contributed by atoms with Crippen molar-refractivity contribution in [2.45, 2.75) is 32.8 Å². The third-order valence-corrected chi connectivity index (χ3v) is 2.06. The van der Waals surface area contributed by atoms with Crippen LogP contribution in [0.4, 0.5) is 0 Å². The second kappa shape index (κ2) is 6.89. The molecule has 0 N–H and O–H groups in total. The lowest BCUT2D eigenvalue weighted by Gasteiger charge is -2.27. The lowest BCUT2D eigenvalue weighted by atomic mass is 9.95. The molecule has 0 aromatic heterocycles. The molecule has 0 bridgehead atoms. The average Bonchev–Trinajstić information content (AvgIpc) is 2.24. The maximum absolute atomic E-state index is 11.1. The van der Waals surface area contributed by atoms with E-state index in [9.17, 15) is 9.59 Å². The normalized spacial score (nSPS) is 12.4. The van der Waals surface area contributed by atoms with Crippen molar-refractivity contribution >= 4 is 11.9 Å². The molecular formula is C13H20O4. The van der Waals surface area contributed by atoms with Crippen molar-refractivity contribution in [1.29, 1.82) is 0 Å². The van der Waals surface area contributed by atoms with E-state index in [4.69, 9.17) is 9.47 Å². The monoisotopic (exact) mass is 240 g/mol. The highest BCUT2D eigenvalue weighted by Crippen LogP contribution is 2.21. The molecule has 4 heteroatoms. The van der Waals surface area contributed by atoms with Gasteiger partial charge in [-0.15, -0.1) is 0 Å². The third kappa shape index (κ3) is 7.33. The van der Waals surface area contributed by atoms with Gasteiger partial charge < -0.3 is 9.47 Å². The molecule has 96 valence electrons. The maximum atomic E-state index is 11.1. The second-order valence-electron chi connectivity index (χ2n) is 4.53. The van der Waals surface area contributed by atoms with Crippen LogP contribution in [0.15, 0.2) is 25.3 Å². The van der Waals surface area contributed by atoms with Gasteiger partial charge in [0.1, 0.15) is 5.60 Å². The van der Waals surface area contributed by atoms with E-state index in [0.717, 1.165) is 12.2 Å². The van der Waals surface area contributed by atoms with E-state index in [0.29, 0.717) is 6.42 Å². The van der Waals surface area contributed by atoms with E-state index >= 15 is 0 Å². The Kier molecular flexibility index (Phi) is 6.25. The largest absolute Gasteiger partial charge is 0.462 e. The number of carbonyl (C=O) groups is 2. The summed E-state index contributed by atoms with van der Waals surface area (Å²) in [4.78, 5) is 21.9. The minimum atomic E-state index is -0.606. The van der Waals surface area contributed by atoms with Gasteiger partial charge in [0.15, 0.2) is 0 Å². The Balaban J connectivity index is 4.12. The number of hydrogen-bond donors (Lipinski definition) is 0. The van der Waals surface area contributed by atoms with Gasteiger partial charge in [-0.3, -0.25) is 0 Å². The SMILES string of the molecule is C=CC(=O)OCC(C)CC(C)(C)OC(=O)C=C. The van der Waals surface area contributed by atoms with E-state index in [2.05, 4.69) is 13.2 Å². The molecule has 4 nitrogen and oxygen atoms in total. The van der Waals surface area contributed by atoms with Crippen LogP contribution in [0.5, 0.6) is 0 Å². The molecule has 0 aromatic carbocycles. The first-order valence-electron chi connectivity index (χ1n) is 5.45. The van der Waals surface area contributed by atoms with Crippen LogP contribution in [-0.4, -0.2) is 24.1 Å². The van der Waals surface area contributed by atoms with E-state index < -0.39 is 17.5 Å². The van der Waals surface area contributed by atoms with Gasteiger partial charge in [-0.2, -0.15) is 0 Å². The topological polar surface area (TPSA) is 52.6 Å².